The first-order chi connectivity index (χ1) is 9.47. The van der Waals surface area contributed by atoms with Gasteiger partial charge in [-0.05, 0) is 19.9 Å². The summed E-state index contributed by atoms with van der Waals surface area (Å²) in [5.41, 5.74) is 0.808. The molecule has 1 atom stereocenters. The van der Waals surface area contributed by atoms with E-state index in [1.165, 1.54) is 11.3 Å². The molecule has 0 aromatic carbocycles. The first kappa shape index (κ1) is 14.7. The maximum Gasteiger partial charge on any atom is 0.263 e. The number of nitrogens with zero attached hydrogens (tertiary/aromatic N) is 3. The van der Waals surface area contributed by atoms with Gasteiger partial charge in [-0.15, -0.1) is 11.3 Å². The van der Waals surface area contributed by atoms with Crippen molar-refractivity contribution >= 4 is 17.2 Å². The van der Waals surface area contributed by atoms with E-state index in [2.05, 4.69) is 29.2 Å². The van der Waals surface area contributed by atoms with Crippen molar-refractivity contribution in [2.75, 3.05) is 0 Å². The number of nitrogens with one attached hydrogen (secondary N) is 1. The number of hydrogen-bond donors (Lipinski definition) is 1. The third-order valence-corrected chi connectivity index (χ3v) is 4.37. The van der Waals surface area contributed by atoms with E-state index < -0.39 is 0 Å². The number of aromatic nitrogens is 3. The highest BCUT2D eigenvalue weighted by Gasteiger charge is 2.18. The quantitative estimate of drug-likeness (QED) is 0.921. The van der Waals surface area contributed by atoms with Gasteiger partial charge in [0, 0.05) is 24.4 Å². The van der Waals surface area contributed by atoms with Crippen LogP contribution in [0, 0.1) is 6.92 Å². The average molecular weight is 292 g/mol. The van der Waals surface area contributed by atoms with Gasteiger partial charge in [-0.1, -0.05) is 13.8 Å². The minimum Gasteiger partial charge on any atom is -0.347 e. The van der Waals surface area contributed by atoms with Crippen LogP contribution >= 0.6 is 11.3 Å². The van der Waals surface area contributed by atoms with E-state index >= 15 is 0 Å². The van der Waals surface area contributed by atoms with Crippen molar-refractivity contribution in [3.63, 3.8) is 0 Å². The van der Waals surface area contributed by atoms with Crippen molar-refractivity contribution in [1.82, 2.24) is 20.1 Å². The van der Waals surface area contributed by atoms with Gasteiger partial charge in [0.05, 0.1) is 17.2 Å². The van der Waals surface area contributed by atoms with Crippen molar-refractivity contribution in [3.8, 4) is 0 Å². The van der Waals surface area contributed by atoms with Gasteiger partial charge in [-0.2, -0.15) is 5.10 Å². The first-order valence-electron chi connectivity index (χ1n) is 6.73. The minimum absolute atomic E-state index is 0.0198. The second-order valence-electron chi connectivity index (χ2n) is 5.22. The van der Waals surface area contributed by atoms with Gasteiger partial charge in [-0.25, -0.2) is 4.98 Å². The van der Waals surface area contributed by atoms with E-state index in [1.807, 2.05) is 30.8 Å². The molecule has 2 aromatic heterocycles. The molecular formula is C14H20N4OS. The highest BCUT2D eigenvalue weighted by molar-refractivity contribution is 7.13. The van der Waals surface area contributed by atoms with E-state index in [-0.39, 0.29) is 11.9 Å². The summed E-state index contributed by atoms with van der Waals surface area (Å²) in [7, 11) is 0. The molecule has 0 aliphatic carbocycles. The molecule has 20 heavy (non-hydrogen) atoms. The third-order valence-electron chi connectivity index (χ3n) is 2.91. The minimum atomic E-state index is -0.0495. The van der Waals surface area contributed by atoms with Gasteiger partial charge in [-0.3, -0.25) is 9.48 Å². The maximum absolute atomic E-state index is 12.3. The number of rotatable bonds is 5. The van der Waals surface area contributed by atoms with Crippen LogP contribution in [0.3, 0.4) is 0 Å². The van der Waals surface area contributed by atoms with Gasteiger partial charge in [0.15, 0.2) is 0 Å². The molecule has 0 bridgehead atoms. The predicted molar refractivity (Wildman–Crippen MR) is 80.1 cm³/mol. The zero-order chi connectivity index (χ0) is 14.7. The molecule has 0 fully saturated rings. The first-order valence-corrected chi connectivity index (χ1v) is 7.54. The summed E-state index contributed by atoms with van der Waals surface area (Å²) >= 11 is 1.48. The van der Waals surface area contributed by atoms with Crippen molar-refractivity contribution in [2.24, 2.45) is 0 Å². The van der Waals surface area contributed by atoms with E-state index in [1.54, 1.807) is 6.20 Å². The lowest BCUT2D eigenvalue weighted by Crippen LogP contribution is -2.35. The highest BCUT2D eigenvalue weighted by Crippen LogP contribution is 2.24. The molecule has 0 aliphatic heterocycles. The van der Waals surface area contributed by atoms with Gasteiger partial charge in [0.1, 0.15) is 4.88 Å². The fourth-order valence-electron chi connectivity index (χ4n) is 1.90. The number of thiazole rings is 1. The van der Waals surface area contributed by atoms with Crippen LogP contribution in [0.5, 0.6) is 0 Å². The van der Waals surface area contributed by atoms with E-state index in [4.69, 9.17) is 0 Å². The van der Waals surface area contributed by atoms with E-state index in [0.717, 1.165) is 10.7 Å². The molecule has 5 nitrogen and oxygen atoms in total. The summed E-state index contributed by atoms with van der Waals surface area (Å²) in [6.07, 6.45) is 3.62. The fraction of sp³-hybridized carbons (Fsp3) is 0.500. The summed E-state index contributed by atoms with van der Waals surface area (Å²) in [6.45, 7) is 8.68. The molecule has 0 saturated carbocycles. The molecule has 2 aromatic rings. The average Bonchev–Trinajstić information content (AvgIpc) is 2.98. The number of carbonyl (C=O) groups excluding carboxylic acids is 1. The zero-order valence-electron chi connectivity index (χ0n) is 12.3. The van der Waals surface area contributed by atoms with Crippen molar-refractivity contribution in [1.29, 1.82) is 0 Å². The fourth-order valence-corrected chi connectivity index (χ4v) is 2.87. The number of carbonyl (C=O) groups is 1. The second kappa shape index (κ2) is 6.17. The Morgan fingerprint density at radius 3 is 2.75 bits per heavy atom. The maximum atomic E-state index is 12.3. The normalized spacial score (nSPS) is 12.7. The Kier molecular flexibility index (Phi) is 4.54. The van der Waals surface area contributed by atoms with Gasteiger partial charge in [0.25, 0.3) is 5.91 Å². The van der Waals surface area contributed by atoms with Crippen LogP contribution in [0.4, 0.5) is 0 Å². The molecule has 1 N–H and O–H groups in total. The van der Waals surface area contributed by atoms with Crippen LogP contribution < -0.4 is 5.32 Å². The molecule has 0 spiro atoms. The standard InChI is InChI=1S/C14H20N4OS/c1-9(2)14-17-11(4)12(20-14)13(19)16-10(3)8-18-7-5-6-15-18/h5-7,9-10H,8H2,1-4H3,(H,16,19)/t10-/m1/s1. The van der Waals surface area contributed by atoms with Gasteiger partial charge >= 0.3 is 0 Å². The molecule has 6 heteroatoms. The highest BCUT2D eigenvalue weighted by atomic mass is 32.1. The summed E-state index contributed by atoms with van der Waals surface area (Å²) in [4.78, 5) is 17.4. The topological polar surface area (TPSA) is 59.8 Å². The molecule has 0 aliphatic rings. The van der Waals surface area contributed by atoms with Crippen molar-refractivity contribution < 1.29 is 4.79 Å². The molecule has 0 saturated heterocycles. The lowest BCUT2D eigenvalue weighted by atomic mass is 10.2. The lowest BCUT2D eigenvalue weighted by molar-refractivity contribution is 0.0939. The van der Waals surface area contributed by atoms with Crippen LogP contribution in [-0.2, 0) is 6.54 Å². The second-order valence-corrected chi connectivity index (χ2v) is 6.25. The molecular weight excluding hydrogens is 272 g/mol. The number of amides is 1. The lowest BCUT2D eigenvalue weighted by Gasteiger charge is -2.13. The SMILES string of the molecule is Cc1nc(C(C)C)sc1C(=O)N[C@H](C)Cn1cccn1. The third kappa shape index (κ3) is 3.45. The van der Waals surface area contributed by atoms with E-state index in [0.29, 0.717) is 17.3 Å². The smallest absolute Gasteiger partial charge is 0.263 e. The Morgan fingerprint density at radius 2 is 2.20 bits per heavy atom. The molecule has 0 radical (unpaired) electrons. The molecule has 2 heterocycles. The Hall–Kier alpha value is -1.69. The van der Waals surface area contributed by atoms with Crippen LogP contribution in [-0.4, -0.2) is 26.7 Å². The van der Waals surface area contributed by atoms with Crippen LogP contribution in [0.15, 0.2) is 18.5 Å². The number of hydrogen-bond acceptors (Lipinski definition) is 4. The van der Waals surface area contributed by atoms with Gasteiger partial charge in [0.2, 0.25) is 0 Å². The van der Waals surface area contributed by atoms with Crippen molar-refractivity contribution in [3.05, 3.63) is 34.0 Å². The monoisotopic (exact) mass is 292 g/mol. The Balaban J connectivity index is 2.00. The Bertz CT molecular complexity index is 574. The van der Waals surface area contributed by atoms with Gasteiger partial charge < -0.3 is 5.32 Å². The summed E-state index contributed by atoms with van der Waals surface area (Å²) in [5.74, 6) is 0.299. The molecule has 108 valence electrons. The number of aryl methyl sites for hydroxylation is 1. The van der Waals surface area contributed by atoms with Crippen LogP contribution in [0.1, 0.15) is 47.1 Å². The Morgan fingerprint density at radius 1 is 1.45 bits per heavy atom. The van der Waals surface area contributed by atoms with Crippen LogP contribution in [0.2, 0.25) is 0 Å². The van der Waals surface area contributed by atoms with E-state index in [9.17, 15) is 4.79 Å². The summed E-state index contributed by atoms with van der Waals surface area (Å²) < 4.78 is 1.81. The molecule has 0 unspecified atom stereocenters. The molecule has 2 rings (SSSR count). The van der Waals surface area contributed by atoms with Crippen molar-refractivity contribution in [2.45, 2.75) is 46.2 Å². The Labute approximate surface area is 123 Å². The largest absolute Gasteiger partial charge is 0.347 e. The van der Waals surface area contributed by atoms with Crippen LogP contribution in [0.25, 0.3) is 0 Å². The summed E-state index contributed by atoms with van der Waals surface area (Å²) in [6, 6.07) is 1.89. The predicted octanol–water partition coefficient (Wildman–Crippen LogP) is 2.59. The zero-order valence-corrected chi connectivity index (χ0v) is 13.1. The summed E-state index contributed by atoms with van der Waals surface area (Å²) in [5, 5.41) is 8.14. The molecule has 1 amide bonds.